The maximum absolute atomic E-state index is 9.62. The molecule has 1 aromatic carbocycles. The molecule has 2 aromatic heterocycles. The Bertz CT molecular complexity index is 721. The van der Waals surface area contributed by atoms with Crippen LogP contribution >= 0.6 is 11.8 Å². The Morgan fingerprint density at radius 3 is 2.88 bits per heavy atom. The van der Waals surface area contributed by atoms with Gasteiger partial charge in [0, 0.05) is 10.3 Å². The normalized spacial score (nSPS) is 11.4. The maximum atomic E-state index is 9.62. The van der Waals surface area contributed by atoms with E-state index >= 15 is 0 Å². The highest BCUT2D eigenvalue weighted by Crippen LogP contribution is 2.38. The van der Waals surface area contributed by atoms with Gasteiger partial charge in [-0.15, -0.1) is 11.8 Å². The van der Waals surface area contributed by atoms with Gasteiger partial charge in [-0.25, -0.2) is 4.98 Å². The van der Waals surface area contributed by atoms with Gasteiger partial charge in [0.15, 0.2) is 0 Å². The van der Waals surface area contributed by atoms with Crippen molar-refractivity contribution < 1.29 is 9.52 Å². The van der Waals surface area contributed by atoms with E-state index in [0.717, 1.165) is 15.8 Å². The fraction of sp³-hybridized carbons (Fsp3) is 0.0833. The minimum absolute atomic E-state index is 0.178. The molecule has 0 aliphatic heterocycles. The fourth-order valence-corrected chi connectivity index (χ4v) is 2.62. The average molecular weight is 246 g/mol. The second-order valence-electron chi connectivity index (χ2n) is 3.68. The molecular weight excluding hydrogens is 236 g/mol. The number of thioether (sulfide) groups is 1. The van der Waals surface area contributed by atoms with E-state index in [-0.39, 0.29) is 5.95 Å². The lowest BCUT2D eigenvalue weighted by Gasteiger charge is -2.07. The summed E-state index contributed by atoms with van der Waals surface area (Å²) in [6, 6.07) is 5.81. The molecule has 3 N–H and O–H groups in total. The molecular formula is C12H10N2O2S. The Balaban J connectivity index is 2.58. The quantitative estimate of drug-likeness (QED) is 0.646. The summed E-state index contributed by atoms with van der Waals surface area (Å²) >= 11 is 1.60. The molecule has 0 aliphatic carbocycles. The van der Waals surface area contributed by atoms with Gasteiger partial charge in [-0.1, -0.05) is 6.07 Å². The van der Waals surface area contributed by atoms with Crippen molar-refractivity contribution in [1.29, 1.82) is 0 Å². The highest BCUT2D eigenvalue weighted by molar-refractivity contribution is 7.98. The number of aromatic nitrogens is 1. The summed E-state index contributed by atoms with van der Waals surface area (Å²) in [7, 11) is 0. The van der Waals surface area contributed by atoms with Crippen molar-refractivity contribution >= 4 is 39.3 Å². The van der Waals surface area contributed by atoms with Crippen LogP contribution in [0.1, 0.15) is 0 Å². The number of hydrogen-bond donors (Lipinski definition) is 2. The van der Waals surface area contributed by atoms with Gasteiger partial charge in [0.2, 0.25) is 0 Å². The number of furan rings is 1. The fourth-order valence-electron chi connectivity index (χ4n) is 1.98. The highest BCUT2D eigenvalue weighted by atomic mass is 32.2. The zero-order valence-corrected chi connectivity index (χ0v) is 9.91. The molecule has 0 atom stereocenters. The van der Waals surface area contributed by atoms with E-state index in [1.54, 1.807) is 11.8 Å². The van der Waals surface area contributed by atoms with Crippen LogP contribution in [-0.4, -0.2) is 16.3 Å². The third-order valence-electron chi connectivity index (χ3n) is 2.76. The molecule has 2 heterocycles. The molecule has 3 aromatic rings. The number of anilines is 1. The summed E-state index contributed by atoms with van der Waals surface area (Å²) in [6.45, 7) is 0. The van der Waals surface area contributed by atoms with Crippen LogP contribution in [0.15, 0.2) is 33.8 Å². The van der Waals surface area contributed by atoms with Crippen LogP contribution in [0.5, 0.6) is 5.95 Å². The molecule has 5 heteroatoms. The first-order valence-corrected chi connectivity index (χ1v) is 6.27. The van der Waals surface area contributed by atoms with Crippen LogP contribution in [0.2, 0.25) is 0 Å². The van der Waals surface area contributed by atoms with Gasteiger partial charge in [-0.2, -0.15) is 0 Å². The lowest BCUT2D eigenvalue weighted by atomic mass is 10.1. The number of pyridine rings is 1. The number of nitrogens with two attached hydrogens (primary N) is 1. The van der Waals surface area contributed by atoms with E-state index in [4.69, 9.17) is 10.2 Å². The second kappa shape index (κ2) is 3.56. The third kappa shape index (κ3) is 1.36. The predicted octanol–water partition coefficient (Wildman–Crippen LogP) is 2.99. The van der Waals surface area contributed by atoms with Crippen molar-refractivity contribution in [3.63, 3.8) is 0 Å². The van der Waals surface area contributed by atoms with Gasteiger partial charge in [0.1, 0.15) is 17.2 Å². The number of nitrogens with zero attached hydrogens (tertiary/aromatic N) is 1. The van der Waals surface area contributed by atoms with Crippen molar-refractivity contribution in [1.82, 2.24) is 4.98 Å². The minimum atomic E-state index is -0.178. The summed E-state index contributed by atoms with van der Waals surface area (Å²) < 4.78 is 4.95. The molecule has 0 fully saturated rings. The van der Waals surface area contributed by atoms with Crippen molar-refractivity contribution in [3.05, 3.63) is 24.5 Å². The average Bonchev–Trinajstić information content (AvgIpc) is 2.70. The number of fused-ring (bicyclic) bond motifs is 2. The molecule has 0 saturated heterocycles. The van der Waals surface area contributed by atoms with Crippen LogP contribution in [0.25, 0.3) is 21.8 Å². The summed E-state index contributed by atoms with van der Waals surface area (Å²) in [4.78, 5) is 5.46. The van der Waals surface area contributed by atoms with Crippen LogP contribution in [0.3, 0.4) is 0 Å². The largest absolute Gasteiger partial charge is 0.480 e. The van der Waals surface area contributed by atoms with Gasteiger partial charge < -0.3 is 15.3 Å². The Morgan fingerprint density at radius 2 is 2.12 bits per heavy atom. The van der Waals surface area contributed by atoms with Gasteiger partial charge in [0.05, 0.1) is 11.2 Å². The minimum Gasteiger partial charge on any atom is -0.480 e. The summed E-state index contributed by atoms with van der Waals surface area (Å²) in [5.41, 5.74) is 8.00. The van der Waals surface area contributed by atoms with E-state index in [1.165, 1.54) is 6.26 Å². The first kappa shape index (κ1) is 10.3. The molecule has 0 unspecified atom stereocenters. The lowest BCUT2D eigenvalue weighted by Crippen LogP contribution is -1.92. The van der Waals surface area contributed by atoms with E-state index in [2.05, 4.69) is 4.98 Å². The van der Waals surface area contributed by atoms with Crippen LogP contribution < -0.4 is 5.73 Å². The zero-order valence-electron chi connectivity index (χ0n) is 9.10. The number of hydrogen-bond acceptors (Lipinski definition) is 5. The molecule has 0 aliphatic rings. The Hall–Kier alpha value is -1.88. The first-order chi connectivity index (χ1) is 8.22. The number of rotatable bonds is 1. The summed E-state index contributed by atoms with van der Waals surface area (Å²) in [5, 5.41) is 11.0. The number of nitrogen functional groups attached to an aromatic ring is 1. The van der Waals surface area contributed by atoms with E-state index in [1.807, 2.05) is 24.5 Å². The molecule has 86 valence electrons. The van der Waals surface area contributed by atoms with Crippen LogP contribution in [0.4, 0.5) is 5.69 Å². The molecule has 17 heavy (non-hydrogen) atoms. The monoisotopic (exact) mass is 246 g/mol. The molecule has 0 radical (unpaired) electrons. The van der Waals surface area contributed by atoms with Crippen molar-refractivity contribution in [2.75, 3.05) is 12.0 Å². The first-order valence-electron chi connectivity index (χ1n) is 5.04. The lowest BCUT2D eigenvalue weighted by molar-refractivity contribution is 0.338. The van der Waals surface area contributed by atoms with Gasteiger partial charge in [0.25, 0.3) is 5.95 Å². The SMILES string of the molecule is CSc1cccc2nc3coc(O)c3c(N)c12. The van der Waals surface area contributed by atoms with Gasteiger partial charge >= 0.3 is 0 Å². The van der Waals surface area contributed by atoms with E-state index < -0.39 is 0 Å². The molecule has 0 saturated carbocycles. The van der Waals surface area contributed by atoms with Crippen LogP contribution in [0, 0.1) is 0 Å². The van der Waals surface area contributed by atoms with Crippen molar-refractivity contribution in [2.45, 2.75) is 4.90 Å². The third-order valence-corrected chi connectivity index (χ3v) is 3.54. The summed E-state index contributed by atoms with van der Waals surface area (Å²) in [5.74, 6) is -0.178. The standard InChI is InChI=1S/C12H10N2O2S/c1-17-8-4-2-3-6-9(8)11(13)10-7(14-6)5-16-12(10)15/h2-5,15H,13H2,1H3. The zero-order chi connectivity index (χ0) is 12.0. The summed E-state index contributed by atoms with van der Waals surface area (Å²) in [6.07, 6.45) is 3.39. The maximum Gasteiger partial charge on any atom is 0.293 e. The van der Waals surface area contributed by atoms with E-state index in [9.17, 15) is 5.11 Å². The second-order valence-corrected chi connectivity index (χ2v) is 4.53. The topological polar surface area (TPSA) is 72.3 Å². The molecule has 0 spiro atoms. The highest BCUT2D eigenvalue weighted by Gasteiger charge is 2.15. The molecule has 0 bridgehead atoms. The molecule has 4 nitrogen and oxygen atoms in total. The van der Waals surface area contributed by atoms with Crippen molar-refractivity contribution in [2.24, 2.45) is 0 Å². The molecule has 3 rings (SSSR count). The van der Waals surface area contributed by atoms with Crippen molar-refractivity contribution in [3.8, 4) is 5.95 Å². The Labute approximate surface area is 101 Å². The number of benzene rings is 1. The smallest absolute Gasteiger partial charge is 0.293 e. The number of aromatic hydroxyl groups is 1. The Kier molecular flexibility index (Phi) is 2.16. The predicted molar refractivity (Wildman–Crippen MR) is 69.4 cm³/mol. The van der Waals surface area contributed by atoms with E-state index in [0.29, 0.717) is 16.6 Å². The van der Waals surface area contributed by atoms with Gasteiger partial charge in [-0.05, 0) is 18.4 Å². The van der Waals surface area contributed by atoms with Crippen LogP contribution in [-0.2, 0) is 0 Å². The molecule has 0 amide bonds. The van der Waals surface area contributed by atoms with Gasteiger partial charge in [-0.3, -0.25) is 0 Å². The Morgan fingerprint density at radius 1 is 1.29 bits per heavy atom.